The molecule has 0 atom stereocenters. The zero-order chi connectivity index (χ0) is 5.82. The first kappa shape index (κ1) is 17.6. The molecule has 0 fully saturated rings. The Bertz CT molecular complexity index is 158. The molecule has 0 N–H and O–H groups in total. The summed E-state index contributed by atoms with van der Waals surface area (Å²) in [7, 11) is 1.66. The third-order valence-electron chi connectivity index (χ3n) is 0.979. The van der Waals surface area contributed by atoms with Gasteiger partial charge in [-0.2, -0.15) is 0 Å². The summed E-state index contributed by atoms with van der Waals surface area (Å²) in [5.74, 6) is 0.910. The average Bonchev–Trinajstić information content (AvgIpc) is 1.90. The van der Waals surface area contributed by atoms with Crippen molar-refractivity contribution in [2.45, 2.75) is 0 Å². The molecule has 4 heteroatoms. The molecule has 0 aromatic heterocycles. The van der Waals surface area contributed by atoms with Crippen LogP contribution < -0.4 is 4.74 Å². The SMILES string of the molecule is Br.Br.COc1ccccc1.[Ru]. The van der Waals surface area contributed by atoms with Crippen LogP contribution in [0, 0.1) is 0 Å². The van der Waals surface area contributed by atoms with Gasteiger partial charge in [0.2, 0.25) is 0 Å². The van der Waals surface area contributed by atoms with Crippen LogP contribution in [-0.2, 0) is 19.5 Å². The summed E-state index contributed by atoms with van der Waals surface area (Å²) in [4.78, 5) is 0. The fourth-order valence-electron chi connectivity index (χ4n) is 0.557. The second-order valence-electron chi connectivity index (χ2n) is 1.52. The van der Waals surface area contributed by atoms with Crippen LogP contribution >= 0.6 is 34.0 Å². The molecule has 1 nitrogen and oxygen atoms in total. The molecule has 0 bridgehead atoms. The van der Waals surface area contributed by atoms with Gasteiger partial charge in [0.1, 0.15) is 5.75 Å². The van der Waals surface area contributed by atoms with Crippen LogP contribution in [0.2, 0.25) is 0 Å². The molecule has 11 heavy (non-hydrogen) atoms. The van der Waals surface area contributed by atoms with Gasteiger partial charge in [-0.15, -0.1) is 34.0 Å². The maximum atomic E-state index is 4.91. The van der Waals surface area contributed by atoms with E-state index in [0.717, 1.165) is 5.75 Å². The average molecular weight is 371 g/mol. The van der Waals surface area contributed by atoms with Gasteiger partial charge in [-0.3, -0.25) is 0 Å². The number of para-hydroxylation sites is 1. The van der Waals surface area contributed by atoms with Crippen LogP contribution in [-0.4, -0.2) is 7.11 Å². The third kappa shape index (κ3) is 6.98. The van der Waals surface area contributed by atoms with Crippen molar-refractivity contribution in [2.24, 2.45) is 0 Å². The van der Waals surface area contributed by atoms with Gasteiger partial charge in [-0.1, -0.05) is 18.2 Å². The Morgan fingerprint density at radius 3 is 1.73 bits per heavy atom. The number of rotatable bonds is 1. The van der Waals surface area contributed by atoms with Crippen molar-refractivity contribution in [3.8, 4) is 5.75 Å². The van der Waals surface area contributed by atoms with E-state index in [1.807, 2.05) is 30.3 Å². The van der Waals surface area contributed by atoms with Gasteiger partial charge in [0.25, 0.3) is 0 Å². The molecule has 0 aliphatic rings. The molecule has 1 aromatic rings. The van der Waals surface area contributed by atoms with E-state index in [-0.39, 0.29) is 53.4 Å². The van der Waals surface area contributed by atoms with Gasteiger partial charge in [0, 0.05) is 19.5 Å². The first-order valence-corrected chi connectivity index (χ1v) is 2.52. The molecule has 1 rings (SSSR count). The molecule has 0 unspecified atom stereocenters. The monoisotopic (exact) mass is 370 g/mol. The third-order valence-corrected chi connectivity index (χ3v) is 0.979. The fourth-order valence-corrected chi connectivity index (χ4v) is 0.557. The topological polar surface area (TPSA) is 9.23 Å². The van der Waals surface area contributed by atoms with E-state index in [4.69, 9.17) is 4.74 Å². The van der Waals surface area contributed by atoms with E-state index in [0.29, 0.717) is 0 Å². The smallest absolute Gasteiger partial charge is 0.118 e. The van der Waals surface area contributed by atoms with Crippen LogP contribution in [0.4, 0.5) is 0 Å². The van der Waals surface area contributed by atoms with E-state index in [9.17, 15) is 0 Å². The molecular formula is C7H10Br2ORu. The zero-order valence-electron chi connectivity index (χ0n) is 5.97. The van der Waals surface area contributed by atoms with Crippen molar-refractivity contribution < 1.29 is 24.2 Å². The Balaban J connectivity index is -0.000000213. The molecule has 0 amide bonds. The number of hydrogen-bond acceptors (Lipinski definition) is 1. The molecule has 0 saturated heterocycles. The van der Waals surface area contributed by atoms with Crippen molar-refractivity contribution in [3.05, 3.63) is 30.3 Å². The van der Waals surface area contributed by atoms with Crippen LogP contribution in [0.25, 0.3) is 0 Å². The first-order chi connectivity index (χ1) is 3.93. The maximum absolute atomic E-state index is 4.91. The quantitative estimate of drug-likeness (QED) is 0.691. The van der Waals surface area contributed by atoms with Crippen molar-refractivity contribution in [1.82, 2.24) is 0 Å². The molecule has 0 saturated carbocycles. The van der Waals surface area contributed by atoms with Gasteiger partial charge < -0.3 is 4.74 Å². The van der Waals surface area contributed by atoms with Crippen molar-refractivity contribution in [1.29, 1.82) is 0 Å². The van der Waals surface area contributed by atoms with Crippen LogP contribution in [0.5, 0.6) is 5.75 Å². The normalized spacial score (nSPS) is 6.27. The van der Waals surface area contributed by atoms with Gasteiger partial charge in [-0.05, 0) is 12.1 Å². The Labute approximate surface area is 101 Å². The number of benzene rings is 1. The predicted octanol–water partition coefficient (Wildman–Crippen LogP) is 2.85. The molecule has 0 aliphatic heterocycles. The molecule has 1 aromatic carbocycles. The summed E-state index contributed by atoms with van der Waals surface area (Å²) in [5, 5.41) is 0. The minimum atomic E-state index is 0. The zero-order valence-corrected chi connectivity index (χ0v) is 11.1. The molecule has 0 radical (unpaired) electrons. The Hall–Kier alpha value is 0.603. The standard InChI is InChI=1S/C7H8O.2BrH.Ru/c1-8-7-5-3-2-4-6-7;;;/h2-6H,1H3;2*1H;. The summed E-state index contributed by atoms with van der Waals surface area (Å²) >= 11 is 0. The second-order valence-corrected chi connectivity index (χ2v) is 1.52. The summed E-state index contributed by atoms with van der Waals surface area (Å²) in [6, 6.07) is 9.68. The molecule has 0 heterocycles. The number of hydrogen-bond donors (Lipinski definition) is 0. The summed E-state index contributed by atoms with van der Waals surface area (Å²) in [6.07, 6.45) is 0. The largest absolute Gasteiger partial charge is 0.497 e. The minimum Gasteiger partial charge on any atom is -0.497 e. The minimum absolute atomic E-state index is 0. The predicted molar refractivity (Wildman–Crippen MR) is 53.6 cm³/mol. The fraction of sp³-hybridized carbons (Fsp3) is 0.143. The summed E-state index contributed by atoms with van der Waals surface area (Å²) in [6.45, 7) is 0. The Morgan fingerprint density at radius 1 is 1.00 bits per heavy atom. The van der Waals surface area contributed by atoms with Crippen LogP contribution in [0.1, 0.15) is 0 Å². The van der Waals surface area contributed by atoms with Crippen molar-refractivity contribution >= 4 is 34.0 Å². The maximum Gasteiger partial charge on any atom is 0.118 e. The van der Waals surface area contributed by atoms with Gasteiger partial charge in [0.05, 0.1) is 7.11 Å². The van der Waals surface area contributed by atoms with Gasteiger partial charge in [-0.25, -0.2) is 0 Å². The van der Waals surface area contributed by atoms with E-state index < -0.39 is 0 Å². The van der Waals surface area contributed by atoms with Gasteiger partial charge in [0.15, 0.2) is 0 Å². The molecule has 0 aliphatic carbocycles. The van der Waals surface area contributed by atoms with E-state index in [2.05, 4.69) is 0 Å². The van der Waals surface area contributed by atoms with Crippen molar-refractivity contribution in [2.75, 3.05) is 7.11 Å². The van der Waals surface area contributed by atoms with E-state index >= 15 is 0 Å². The molecular weight excluding hydrogens is 361 g/mol. The van der Waals surface area contributed by atoms with E-state index in [1.54, 1.807) is 7.11 Å². The number of methoxy groups -OCH3 is 1. The second kappa shape index (κ2) is 10.6. The first-order valence-electron chi connectivity index (χ1n) is 2.52. The number of ether oxygens (including phenoxy) is 1. The summed E-state index contributed by atoms with van der Waals surface area (Å²) in [5.41, 5.74) is 0. The molecule has 66 valence electrons. The Morgan fingerprint density at radius 2 is 1.45 bits per heavy atom. The van der Waals surface area contributed by atoms with Crippen LogP contribution in [0.15, 0.2) is 30.3 Å². The van der Waals surface area contributed by atoms with Crippen LogP contribution in [0.3, 0.4) is 0 Å². The Kier molecular flexibility index (Phi) is 17.0. The van der Waals surface area contributed by atoms with E-state index in [1.165, 1.54) is 0 Å². The number of halogens is 2. The molecule has 0 spiro atoms. The van der Waals surface area contributed by atoms with Crippen molar-refractivity contribution in [3.63, 3.8) is 0 Å². The van der Waals surface area contributed by atoms with Gasteiger partial charge >= 0.3 is 0 Å². The summed E-state index contributed by atoms with van der Waals surface area (Å²) < 4.78 is 4.91.